The average Bonchev–Trinajstić information content (AvgIpc) is 2.43. The Hall–Kier alpha value is -1.30. The van der Waals surface area contributed by atoms with Crippen molar-refractivity contribution in [1.29, 1.82) is 0 Å². The van der Waals surface area contributed by atoms with Crippen molar-refractivity contribution in [3.63, 3.8) is 0 Å². The van der Waals surface area contributed by atoms with Crippen molar-refractivity contribution in [1.82, 2.24) is 15.5 Å². The third-order valence-corrected chi connectivity index (χ3v) is 3.88. The first-order valence-electron chi connectivity index (χ1n) is 7.53. The van der Waals surface area contributed by atoms with Gasteiger partial charge < -0.3 is 20.6 Å². The molecule has 0 radical (unpaired) electrons. The Labute approximate surface area is 120 Å². The minimum atomic E-state index is -0.815. The van der Waals surface area contributed by atoms with Crippen molar-refractivity contribution in [2.45, 2.75) is 45.6 Å². The van der Waals surface area contributed by atoms with Gasteiger partial charge in [0.1, 0.15) is 0 Å². The van der Waals surface area contributed by atoms with Gasteiger partial charge in [-0.1, -0.05) is 20.3 Å². The Kier molecular flexibility index (Phi) is 7.36. The summed E-state index contributed by atoms with van der Waals surface area (Å²) in [4.78, 5) is 24.8. The molecule has 0 aromatic carbocycles. The lowest BCUT2D eigenvalue weighted by atomic mass is 10.0. The molecule has 1 saturated heterocycles. The summed E-state index contributed by atoms with van der Waals surface area (Å²) < 4.78 is 0. The minimum absolute atomic E-state index is 0.00301. The first-order chi connectivity index (χ1) is 9.55. The Bertz CT molecular complexity index is 323. The number of nitrogens with zero attached hydrogens (tertiary/aromatic N) is 1. The van der Waals surface area contributed by atoms with E-state index in [0.717, 1.165) is 38.9 Å². The minimum Gasteiger partial charge on any atom is -0.481 e. The summed E-state index contributed by atoms with van der Waals surface area (Å²) in [6.45, 7) is 7.49. The van der Waals surface area contributed by atoms with Gasteiger partial charge in [0.15, 0.2) is 0 Å². The van der Waals surface area contributed by atoms with Gasteiger partial charge in [0, 0.05) is 25.6 Å². The van der Waals surface area contributed by atoms with Crippen molar-refractivity contribution in [2.75, 3.05) is 26.2 Å². The molecule has 6 heteroatoms. The molecule has 0 spiro atoms. The maximum Gasteiger partial charge on any atom is 0.315 e. The molecular formula is C14H27N3O3. The molecule has 3 N–H and O–H groups in total. The van der Waals surface area contributed by atoms with Crippen LogP contribution in [-0.2, 0) is 4.79 Å². The molecule has 1 aliphatic rings. The van der Waals surface area contributed by atoms with Crippen molar-refractivity contribution < 1.29 is 14.7 Å². The van der Waals surface area contributed by atoms with E-state index < -0.39 is 5.97 Å². The molecule has 116 valence electrons. The van der Waals surface area contributed by atoms with Crippen LogP contribution in [0.25, 0.3) is 0 Å². The van der Waals surface area contributed by atoms with Crippen LogP contribution in [0.3, 0.4) is 0 Å². The number of carboxylic acid groups (broad SMARTS) is 1. The number of carbonyl (C=O) groups excluding carboxylic acids is 1. The molecule has 2 atom stereocenters. The fraction of sp³-hybridized carbons (Fsp3) is 0.857. The molecule has 0 aliphatic carbocycles. The van der Waals surface area contributed by atoms with E-state index >= 15 is 0 Å². The van der Waals surface area contributed by atoms with E-state index in [1.807, 2.05) is 6.92 Å². The number of likely N-dealkylation sites (N-methyl/N-ethyl adjacent to an activating group) is 1. The number of aliphatic carboxylic acids is 1. The molecule has 2 amide bonds. The summed E-state index contributed by atoms with van der Waals surface area (Å²) in [5.41, 5.74) is 0. The van der Waals surface area contributed by atoms with Gasteiger partial charge in [0.25, 0.3) is 0 Å². The molecule has 0 saturated carbocycles. The lowest BCUT2D eigenvalue weighted by Crippen LogP contribution is -2.51. The van der Waals surface area contributed by atoms with Gasteiger partial charge in [-0.3, -0.25) is 4.79 Å². The molecule has 0 bridgehead atoms. The number of hydrogen-bond acceptors (Lipinski definition) is 3. The lowest BCUT2D eigenvalue weighted by molar-refractivity contribution is -0.138. The molecule has 1 heterocycles. The zero-order valence-corrected chi connectivity index (χ0v) is 12.5. The molecule has 1 fully saturated rings. The summed E-state index contributed by atoms with van der Waals surface area (Å²) in [7, 11) is 0. The fourth-order valence-electron chi connectivity index (χ4n) is 2.54. The quantitative estimate of drug-likeness (QED) is 0.658. The molecule has 1 rings (SSSR count). The summed E-state index contributed by atoms with van der Waals surface area (Å²) in [5, 5.41) is 14.5. The second-order valence-electron chi connectivity index (χ2n) is 5.46. The number of nitrogens with one attached hydrogen (secondary N) is 2. The van der Waals surface area contributed by atoms with Crippen molar-refractivity contribution in [2.24, 2.45) is 5.92 Å². The Morgan fingerprint density at radius 2 is 2.15 bits per heavy atom. The number of carbonyl (C=O) groups is 2. The van der Waals surface area contributed by atoms with Gasteiger partial charge in [0.2, 0.25) is 0 Å². The zero-order chi connectivity index (χ0) is 15.0. The fourth-order valence-corrected chi connectivity index (χ4v) is 2.54. The van der Waals surface area contributed by atoms with Gasteiger partial charge in [0.05, 0.1) is 0 Å². The number of amides is 2. The SMILES string of the molecule is CCC(CNC(=O)NC1CCCN(CC)C1)CC(=O)O. The highest BCUT2D eigenvalue weighted by atomic mass is 16.4. The molecular weight excluding hydrogens is 258 g/mol. The van der Waals surface area contributed by atoms with Crippen LogP contribution in [-0.4, -0.2) is 54.2 Å². The molecule has 1 aliphatic heterocycles. The van der Waals surface area contributed by atoms with Crippen LogP contribution in [0.5, 0.6) is 0 Å². The standard InChI is InChI=1S/C14H27N3O3/c1-3-11(8-13(18)19)9-15-14(20)16-12-6-5-7-17(4-2)10-12/h11-12H,3-10H2,1-2H3,(H,18,19)(H2,15,16,20). The van der Waals surface area contributed by atoms with Crippen LogP contribution in [0.1, 0.15) is 39.5 Å². The second-order valence-corrected chi connectivity index (χ2v) is 5.46. The highest BCUT2D eigenvalue weighted by Gasteiger charge is 2.20. The Morgan fingerprint density at radius 1 is 1.40 bits per heavy atom. The highest BCUT2D eigenvalue weighted by molar-refractivity contribution is 5.74. The van der Waals surface area contributed by atoms with E-state index in [1.54, 1.807) is 0 Å². The summed E-state index contributed by atoms with van der Waals surface area (Å²) >= 11 is 0. The van der Waals surface area contributed by atoms with E-state index in [4.69, 9.17) is 5.11 Å². The number of urea groups is 1. The van der Waals surface area contributed by atoms with Crippen LogP contribution in [0.4, 0.5) is 4.79 Å². The third-order valence-electron chi connectivity index (χ3n) is 3.88. The van der Waals surface area contributed by atoms with Crippen molar-refractivity contribution >= 4 is 12.0 Å². The average molecular weight is 285 g/mol. The van der Waals surface area contributed by atoms with Crippen LogP contribution >= 0.6 is 0 Å². The molecule has 0 aromatic rings. The predicted molar refractivity (Wildman–Crippen MR) is 77.7 cm³/mol. The number of piperidine rings is 1. The van der Waals surface area contributed by atoms with E-state index in [0.29, 0.717) is 6.54 Å². The number of rotatable bonds is 7. The maximum atomic E-state index is 11.8. The normalized spacial score (nSPS) is 21.2. The van der Waals surface area contributed by atoms with Crippen molar-refractivity contribution in [3.8, 4) is 0 Å². The zero-order valence-electron chi connectivity index (χ0n) is 12.5. The maximum absolute atomic E-state index is 11.8. The van der Waals surface area contributed by atoms with Crippen LogP contribution in [0.2, 0.25) is 0 Å². The molecule has 2 unspecified atom stereocenters. The van der Waals surface area contributed by atoms with Crippen LogP contribution in [0, 0.1) is 5.92 Å². The first kappa shape index (κ1) is 16.8. The van der Waals surface area contributed by atoms with Crippen LogP contribution in [0.15, 0.2) is 0 Å². The van der Waals surface area contributed by atoms with E-state index in [9.17, 15) is 9.59 Å². The van der Waals surface area contributed by atoms with Gasteiger partial charge in [-0.15, -0.1) is 0 Å². The van der Waals surface area contributed by atoms with E-state index in [2.05, 4.69) is 22.5 Å². The van der Waals surface area contributed by atoms with Gasteiger partial charge in [-0.25, -0.2) is 4.79 Å². The topological polar surface area (TPSA) is 81.7 Å². The Balaban J connectivity index is 2.26. The van der Waals surface area contributed by atoms with Crippen molar-refractivity contribution in [3.05, 3.63) is 0 Å². The number of likely N-dealkylation sites (tertiary alicyclic amines) is 1. The smallest absolute Gasteiger partial charge is 0.315 e. The van der Waals surface area contributed by atoms with Gasteiger partial charge in [-0.05, 0) is 31.8 Å². The highest BCUT2D eigenvalue weighted by Crippen LogP contribution is 2.09. The van der Waals surface area contributed by atoms with Crippen LogP contribution < -0.4 is 10.6 Å². The largest absolute Gasteiger partial charge is 0.481 e. The predicted octanol–water partition coefficient (Wildman–Crippen LogP) is 1.27. The third kappa shape index (κ3) is 6.23. The molecule has 0 aromatic heterocycles. The van der Waals surface area contributed by atoms with Gasteiger partial charge >= 0.3 is 12.0 Å². The number of carboxylic acids is 1. The summed E-state index contributed by atoms with van der Waals surface area (Å²) in [6.07, 6.45) is 2.97. The second kappa shape index (κ2) is 8.79. The summed E-state index contributed by atoms with van der Waals surface area (Å²) in [6, 6.07) is 0.0139. The van der Waals surface area contributed by atoms with E-state index in [1.165, 1.54) is 0 Å². The Morgan fingerprint density at radius 3 is 2.75 bits per heavy atom. The van der Waals surface area contributed by atoms with E-state index in [-0.39, 0.29) is 24.4 Å². The first-order valence-corrected chi connectivity index (χ1v) is 7.53. The van der Waals surface area contributed by atoms with Gasteiger partial charge in [-0.2, -0.15) is 0 Å². The monoisotopic (exact) mass is 285 g/mol. The number of hydrogen-bond donors (Lipinski definition) is 3. The molecule has 20 heavy (non-hydrogen) atoms. The molecule has 6 nitrogen and oxygen atoms in total. The lowest BCUT2D eigenvalue weighted by Gasteiger charge is -2.32. The summed E-state index contributed by atoms with van der Waals surface area (Å²) in [5.74, 6) is -0.818.